The van der Waals surface area contributed by atoms with Crippen molar-refractivity contribution in [3.63, 3.8) is 0 Å². The lowest BCUT2D eigenvalue weighted by molar-refractivity contribution is -0.116. The Labute approximate surface area is 135 Å². The van der Waals surface area contributed by atoms with Gasteiger partial charge in [0, 0.05) is 17.7 Å². The van der Waals surface area contributed by atoms with Crippen LogP contribution in [0.3, 0.4) is 0 Å². The van der Waals surface area contributed by atoms with Crippen molar-refractivity contribution in [2.24, 2.45) is 0 Å². The van der Waals surface area contributed by atoms with Crippen molar-refractivity contribution in [3.05, 3.63) is 72.8 Å². The standard InChI is InChI=1S/C19H18N2O2/c22-19(11-4-8-15-6-2-1-3-7-15)21-17-10-5-9-16(12-17)18-13-20-14-23-18/h1-3,5-7,9-10,12-14H,4,8,11H2,(H,21,22). The topological polar surface area (TPSA) is 55.1 Å². The summed E-state index contributed by atoms with van der Waals surface area (Å²) >= 11 is 0. The highest BCUT2D eigenvalue weighted by atomic mass is 16.3. The first-order chi connectivity index (χ1) is 11.3. The smallest absolute Gasteiger partial charge is 0.224 e. The van der Waals surface area contributed by atoms with Crippen molar-refractivity contribution in [2.75, 3.05) is 5.32 Å². The fourth-order valence-corrected chi connectivity index (χ4v) is 2.43. The normalized spacial score (nSPS) is 10.4. The maximum atomic E-state index is 12.1. The second kappa shape index (κ2) is 7.40. The molecule has 1 amide bonds. The van der Waals surface area contributed by atoms with Crippen molar-refractivity contribution in [1.82, 2.24) is 4.98 Å². The number of nitrogens with one attached hydrogen (secondary N) is 1. The predicted molar refractivity (Wildman–Crippen MR) is 89.9 cm³/mol. The minimum atomic E-state index is 0.0238. The van der Waals surface area contributed by atoms with Gasteiger partial charge in [-0.05, 0) is 30.5 Å². The SMILES string of the molecule is O=C(CCCc1ccccc1)Nc1cccc(-c2cnco2)c1. The van der Waals surface area contributed by atoms with Crippen LogP contribution in [0.1, 0.15) is 18.4 Å². The molecule has 0 aliphatic rings. The lowest BCUT2D eigenvalue weighted by Crippen LogP contribution is -2.11. The van der Waals surface area contributed by atoms with E-state index in [-0.39, 0.29) is 5.91 Å². The number of nitrogens with zero attached hydrogens (tertiary/aromatic N) is 1. The fraction of sp³-hybridized carbons (Fsp3) is 0.158. The van der Waals surface area contributed by atoms with Gasteiger partial charge in [0.25, 0.3) is 0 Å². The third kappa shape index (κ3) is 4.30. The predicted octanol–water partition coefficient (Wildman–Crippen LogP) is 4.30. The molecule has 0 radical (unpaired) electrons. The molecule has 0 aliphatic heterocycles. The largest absolute Gasteiger partial charge is 0.444 e. The van der Waals surface area contributed by atoms with Gasteiger partial charge in [-0.2, -0.15) is 0 Å². The number of anilines is 1. The van der Waals surface area contributed by atoms with Crippen molar-refractivity contribution in [2.45, 2.75) is 19.3 Å². The van der Waals surface area contributed by atoms with Crippen LogP contribution in [0.5, 0.6) is 0 Å². The summed E-state index contributed by atoms with van der Waals surface area (Å²) < 4.78 is 5.27. The molecule has 23 heavy (non-hydrogen) atoms. The van der Waals surface area contributed by atoms with Gasteiger partial charge in [0.2, 0.25) is 5.91 Å². The van der Waals surface area contributed by atoms with Gasteiger partial charge in [-0.25, -0.2) is 4.98 Å². The minimum absolute atomic E-state index is 0.0238. The average Bonchev–Trinajstić information content (AvgIpc) is 3.11. The van der Waals surface area contributed by atoms with Gasteiger partial charge >= 0.3 is 0 Å². The Morgan fingerprint density at radius 2 is 1.96 bits per heavy atom. The number of rotatable bonds is 6. The van der Waals surface area contributed by atoms with Gasteiger partial charge in [-0.1, -0.05) is 42.5 Å². The molecule has 0 atom stereocenters. The third-order valence-electron chi connectivity index (χ3n) is 3.58. The monoisotopic (exact) mass is 306 g/mol. The average molecular weight is 306 g/mol. The molecule has 4 nitrogen and oxygen atoms in total. The molecule has 4 heteroatoms. The van der Waals surface area contributed by atoms with Crippen LogP contribution >= 0.6 is 0 Å². The van der Waals surface area contributed by atoms with E-state index in [2.05, 4.69) is 22.4 Å². The lowest BCUT2D eigenvalue weighted by Gasteiger charge is -2.06. The summed E-state index contributed by atoms with van der Waals surface area (Å²) in [6, 6.07) is 17.8. The van der Waals surface area contributed by atoms with Gasteiger partial charge in [0.1, 0.15) is 0 Å². The van der Waals surface area contributed by atoms with Gasteiger partial charge in [0.15, 0.2) is 12.2 Å². The highest BCUT2D eigenvalue weighted by Gasteiger charge is 2.06. The second-order valence-corrected chi connectivity index (χ2v) is 5.33. The molecule has 1 N–H and O–H groups in total. The van der Waals surface area contributed by atoms with E-state index < -0.39 is 0 Å². The van der Waals surface area contributed by atoms with Crippen LogP contribution in [0.2, 0.25) is 0 Å². The molecular formula is C19H18N2O2. The molecule has 0 unspecified atom stereocenters. The van der Waals surface area contributed by atoms with E-state index in [4.69, 9.17) is 4.42 Å². The minimum Gasteiger partial charge on any atom is -0.444 e. The molecule has 0 saturated heterocycles. The highest BCUT2D eigenvalue weighted by Crippen LogP contribution is 2.22. The summed E-state index contributed by atoms with van der Waals surface area (Å²) in [6.45, 7) is 0. The first-order valence-corrected chi connectivity index (χ1v) is 7.64. The van der Waals surface area contributed by atoms with Crippen LogP contribution in [0.4, 0.5) is 5.69 Å². The molecule has 0 bridgehead atoms. The molecule has 3 aromatic rings. The third-order valence-corrected chi connectivity index (χ3v) is 3.58. The maximum absolute atomic E-state index is 12.1. The molecule has 0 fully saturated rings. The van der Waals surface area contributed by atoms with Gasteiger partial charge < -0.3 is 9.73 Å². The molecule has 1 aromatic heterocycles. The number of hydrogen-bond donors (Lipinski definition) is 1. The van der Waals surface area contributed by atoms with Crippen LogP contribution in [0.15, 0.2) is 71.6 Å². The zero-order valence-corrected chi connectivity index (χ0v) is 12.7. The van der Waals surface area contributed by atoms with Crippen LogP contribution in [0.25, 0.3) is 11.3 Å². The molecule has 2 aromatic carbocycles. The Hall–Kier alpha value is -2.88. The summed E-state index contributed by atoms with van der Waals surface area (Å²) in [5.74, 6) is 0.709. The van der Waals surface area contributed by atoms with E-state index >= 15 is 0 Å². The van der Waals surface area contributed by atoms with Crippen LogP contribution in [-0.4, -0.2) is 10.9 Å². The molecule has 3 rings (SSSR count). The number of carbonyl (C=O) groups excluding carboxylic acids is 1. The van der Waals surface area contributed by atoms with Gasteiger partial charge in [-0.3, -0.25) is 4.79 Å². The summed E-state index contributed by atoms with van der Waals surface area (Å²) in [6.07, 6.45) is 5.29. The molecule has 0 saturated carbocycles. The fourth-order valence-electron chi connectivity index (χ4n) is 2.43. The summed E-state index contributed by atoms with van der Waals surface area (Å²) in [5.41, 5.74) is 2.92. The van der Waals surface area contributed by atoms with E-state index in [0.717, 1.165) is 24.1 Å². The second-order valence-electron chi connectivity index (χ2n) is 5.33. The van der Waals surface area contributed by atoms with E-state index in [9.17, 15) is 4.79 Å². The molecule has 1 heterocycles. The number of hydrogen-bond acceptors (Lipinski definition) is 3. The number of aryl methyl sites for hydroxylation is 1. The Morgan fingerprint density at radius 3 is 2.74 bits per heavy atom. The maximum Gasteiger partial charge on any atom is 0.224 e. The van der Waals surface area contributed by atoms with Gasteiger partial charge in [0.05, 0.1) is 6.20 Å². The quantitative estimate of drug-likeness (QED) is 0.738. The van der Waals surface area contributed by atoms with E-state index in [0.29, 0.717) is 12.2 Å². The Balaban J connectivity index is 1.53. The van der Waals surface area contributed by atoms with E-state index in [1.807, 2.05) is 42.5 Å². The molecular weight excluding hydrogens is 288 g/mol. The highest BCUT2D eigenvalue weighted by molar-refractivity contribution is 5.91. The molecule has 0 spiro atoms. The Bertz CT molecular complexity index is 752. The van der Waals surface area contributed by atoms with Crippen LogP contribution in [-0.2, 0) is 11.2 Å². The lowest BCUT2D eigenvalue weighted by atomic mass is 10.1. The zero-order chi connectivity index (χ0) is 15.9. The van der Waals surface area contributed by atoms with Crippen LogP contribution in [0, 0.1) is 0 Å². The van der Waals surface area contributed by atoms with Gasteiger partial charge in [-0.15, -0.1) is 0 Å². The summed E-state index contributed by atoms with van der Waals surface area (Å²) in [7, 11) is 0. The van der Waals surface area contributed by atoms with E-state index in [1.54, 1.807) is 6.20 Å². The summed E-state index contributed by atoms with van der Waals surface area (Å²) in [5, 5.41) is 2.93. The number of oxazole rings is 1. The number of aromatic nitrogens is 1. The van der Waals surface area contributed by atoms with Crippen LogP contribution < -0.4 is 5.32 Å². The van der Waals surface area contributed by atoms with E-state index in [1.165, 1.54) is 12.0 Å². The number of carbonyl (C=O) groups is 1. The molecule has 0 aliphatic carbocycles. The van der Waals surface area contributed by atoms with Crippen molar-refractivity contribution >= 4 is 11.6 Å². The molecule has 116 valence electrons. The van der Waals surface area contributed by atoms with Crippen molar-refractivity contribution in [3.8, 4) is 11.3 Å². The Kier molecular flexibility index (Phi) is 4.84. The zero-order valence-electron chi connectivity index (χ0n) is 12.7. The number of benzene rings is 2. The summed E-state index contributed by atoms with van der Waals surface area (Å²) in [4.78, 5) is 16.0. The number of amides is 1. The van der Waals surface area contributed by atoms with Crippen molar-refractivity contribution < 1.29 is 9.21 Å². The first-order valence-electron chi connectivity index (χ1n) is 7.64. The Morgan fingerprint density at radius 1 is 1.09 bits per heavy atom. The first kappa shape index (κ1) is 15.0. The van der Waals surface area contributed by atoms with Crippen molar-refractivity contribution in [1.29, 1.82) is 0 Å².